The number of hydrogen-bond acceptors (Lipinski definition) is 2. The second-order valence-electron chi connectivity index (χ2n) is 3.62. The van der Waals surface area contributed by atoms with Crippen molar-refractivity contribution in [3.63, 3.8) is 0 Å². The lowest BCUT2D eigenvalue weighted by Gasteiger charge is -2.09. The quantitative estimate of drug-likeness (QED) is 0.937. The molecule has 5 heteroatoms. The highest BCUT2D eigenvalue weighted by atomic mass is 79.9. The zero-order valence-electron chi connectivity index (χ0n) is 9.45. The van der Waals surface area contributed by atoms with E-state index in [4.69, 9.17) is 0 Å². The molecule has 0 spiro atoms. The topological polar surface area (TPSA) is 29.9 Å². The fourth-order valence-electron chi connectivity index (χ4n) is 1.61. The largest absolute Gasteiger partial charge is 0.377 e. The Morgan fingerprint density at radius 2 is 2.24 bits per heavy atom. The number of anilines is 1. The Bertz CT molecular complexity index is 510. The normalized spacial score (nSPS) is 10.5. The molecule has 0 saturated carbocycles. The van der Waals surface area contributed by atoms with Gasteiger partial charge in [0.05, 0.1) is 17.9 Å². The summed E-state index contributed by atoms with van der Waals surface area (Å²) < 4.78 is 16.2. The molecule has 0 atom stereocenters. The monoisotopic (exact) mass is 297 g/mol. The van der Waals surface area contributed by atoms with Gasteiger partial charge in [-0.2, -0.15) is 5.10 Å². The molecule has 0 unspecified atom stereocenters. The highest BCUT2D eigenvalue weighted by Crippen LogP contribution is 2.20. The van der Waals surface area contributed by atoms with Crippen molar-refractivity contribution in [3.8, 4) is 0 Å². The number of rotatable bonds is 4. The molecule has 1 heterocycles. The minimum absolute atomic E-state index is 0.254. The van der Waals surface area contributed by atoms with Gasteiger partial charge in [0.1, 0.15) is 5.82 Å². The van der Waals surface area contributed by atoms with Crippen LogP contribution in [0.2, 0.25) is 0 Å². The third kappa shape index (κ3) is 2.85. The predicted molar refractivity (Wildman–Crippen MR) is 69.3 cm³/mol. The van der Waals surface area contributed by atoms with Gasteiger partial charge in [0.15, 0.2) is 0 Å². The van der Waals surface area contributed by atoms with Crippen LogP contribution in [0, 0.1) is 5.82 Å². The molecule has 0 radical (unpaired) electrons. The summed E-state index contributed by atoms with van der Waals surface area (Å²) in [7, 11) is 0. The van der Waals surface area contributed by atoms with Crippen molar-refractivity contribution >= 4 is 21.6 Å². The van der Waals surface area contributed by atoms with E-state index in [1.165, 1.54) is 6.07 Å². The van der Waals surface area contributed by atoms with E-state index in [1.54, 1.807) is 18.3 Å². The van der Waals surface area contributed by atoms with E-state index in [-0.39, 0.29) is 5.82 Å². The first-order valence-corrected chi connectivity index (χ1v) is 6.19. The number of nitrogens with zero attached hydrogens (tertiary/aromatic N) is 2. The molecule has 0 fully saturated rings. The summed E-state index contributed by atoms with van der Waals surface area (Å²) in [5.74, 6) is -0.254. The number of aryl methyl sites for hydroxylation is 1. The number of benzene rings is 1. The van der Waals surface area contributed by atoms with Crippen LogP contribution < -0.4 is 5.32 Å². The smallest absolute Gasteiger partial charge is 0.146 e. The Balaban J connectivity index is 2.09. The second-order valence-corrected chi connectivity index (χ2v) is 4.53. The molecule has 2 rings (SSSR count). The molecule has 1 N–H and O–H groups in total. The van der Waals surface area contributed by atoms with Crippen molar-refractivity contribution < 1.29 is 4.39 Å². The van der Waals surface area contributed by atoms with Gasteiger partial charge in [0, 0.05) is 17.2 Å². The molecule has 1 aromatic heterocycles. The van der Waals surface area contributed by atoms with Gasteiger partial charge in [0.2, 0.25) is 0 Å². The summed E-state index contributed by atoms with van der Waals surface area (Å²) in [6, 6.07) is 6.76. The molecule has 0 bridgehead atoms. The fraction of sp³-hybridized carbons (Fsp3) is 0.250. The third-order valence-electron chi connectivity index (χ3n) is 2.49. The van der Waals surface area contributed by atoms with Crippen molar-refractivity contribution in [1.82, 2.24) is 9.78 Å². The number of aromatic nitrogens is 2. The van der Waals surface area contributed by atoms with Crippen LogP contribution in [0.1, 0.15) is 12.6 Å². The highest BCUT2D eigenvalue weighted by Gasteiger charge is 2.04. The number of halogens is 2. The van der Waals surface area contributed by atoms with Crippen LogP contribution in [0.4, 0.5) is 10.1 Å². The van der Waals surface area contributed by atoms with E-state index in [9.17, 15) is 4.39 Å². The van der Waals surface area contributed by atoms with Crippen molar-refractivity contribution in [2.24, 2.45) is 0 Å². The average Bonchev–Trinajstić information content (AvgIpc) is 2.77. The van der Waals surface area contributed by atoms with Crippen LogP contribution in [0.3, 0.4) is 0 Å². The third-order valence-corrected chi connectivity index (χ3v) is 2.99. The molecule has 0 aliphatic carbocycles. The van der Waals surface area contributed by atoms with Crippen molar-refractivity contribution in [2.75, 3.05) is 5.32 Å². The molecule has 1 aromatic carbocycles. The van der Waals surface area contributed by atoms with E-state index in [2.05, 4.69) is 26.3 Å². The number of hydrogen-bond donors (Lipinski definition) is 1. The molecular formula is C12H13BrFN3. The van der Waals surface area contributed by atoms with Crippen LogP contribution in [-0.2, 0) is 13.1 Å². The maximum atomic E-state index is 13.5. The first-order valence-electron chi connectivity index (χ1n) is 5.40. The lowest BCUT2D eigenvalue weighted by atomic mass is 10.3. The highest BCUT2D eigenvalue weighted by molar-refractivity contribution is 9.10. The fourth-order valence-corrected chi connectivity index (χ4v) is 1.97. The first-order chi connectivity index (χ1) is 8.20. The van der Waals surface area contributed by atoms with E-state index in [0.717, 1.165) is 16.7 Å². The maximum absolute atomic E-state index is 13.5. The Hall–Kier alpha value is -1.36. The lowest BCUT2D eigenvalue weighted by Crippen LogP contribution is -2.08. The van der Waals surface area contributed by atoms with Gasteiger partial charge < -0.3 is 5.32 Å². The Morgan fingerprint density at radius 3 is 3.00 bits per heavy atom. The second kappa shape index (κ2) is 5.31. The summed E-state index contributed by atoms with van der Waals surface area (Å²) in [6.07, 6.45) is 1.75. The summed E-state index contributed by atoms with van der Waals surface area (Å²) in [5.41, 5.74) is 1.52. The van der Waals surface area contributed by atoms with Gasteiger partial charge in [-0.3, -0.25) is 4.68 Å². The van der Waals surface area contributed by atoms with Gasteiger partial charge in [0.25, 0.3) is 0 Å². The van der Waals surface area contributed by atoms with Gasteiger partial charge in [-0.05, 0) is 31.2 Å². The maximum Gasteiger partial charge on any atom is 0.146 e. The molecule has 0 amide bonds. The van der Waals surface area contributed by atoms with Crippen LogP contribution >= 0.6 is 15.9 Å². The van der Waals surface area contributed by atoms with E-state index < -0.39 is 0 Å². The number of nitrogens with one attached hydrogen (secondary N) is 1. The van der Waals surface area contributed by atoms with Crippen molar-refractivity contribution in [2.45, 2.75) is 20.0 Å². The van der Waals surface area contributed by atoms with Gasteiger partial charge in [-0.25, -0.2) is 4.39 Å². The molecule has 2 aromatic rings. The van der Waals surface area contributed by atoms with Crippen LogP contribution in [0.5, 0.6) is 0 Å². The molecule has 0 aliphatic heterocycles. The molecule has 0 saturated heterocycles. The Labute approximate surface area is 108 Å². The Kier molecular flexibility index (Phi) is 3.78. The summed E-state index contributed by atoms with van der Waals surface area (Å²) in [5, 5.41) is 7.23. The van der Waals surface area contributed by atoms with Crippen LogP contribution in [-0.4, -0.2) is 9.78 Å². The summed E-state index contributed by atoms with van der Waals surface area (Å²) in [4.78, 5) is 0. The molecule has 0 aliphatic rings. The van der Waals surface area contributed by atoms with E-state index in [1.807, 2.05) is 17.7 Å². The SMILES string of the molecule is CCn1nccc1CNc1cc(Br)ccc1F. The average molecular weight is 298 g/mol. The van der Waals surface area contributed by atoms with Crippen molar-refractivity contribution in [1.29, 1.82) is 0 Å². The van der Waals surface area contributed by atoms with Gasteiger partial charge >= 0.3 is 0 Å². The van der Waals surface area contributed by atoms with Crippen LogP contribution in [0.15, 0.2) is 34.9 Å². The molecule has 3 nitrogen and oxygen atoms in total. The minimum Gasteiger partial charge on any atom is -0.377 e. The summed E-state index contributed by atoms with van der Waals surface area (Å²) in [6.45, 7) is 3.39. The molecular weight excluding hydrogens is 285 g/mol. The van der Waals surface area contributed by atoms with Gasteiger partial charge in [-0.15, -0.1) is 0 Å². The van der Waals surface area contributed by atoms with E-state index in [0.29, 0.717) is 12.2 Å². The lowest BCUT2D eigenvalue weighted by molar-refractivity contribution is 0.619. The zero-order valence-corrected chi connectivity index (χ0v) is 11.0. The molecule has 17 heavy (non-hydrogen) atoms. The zero-order chi connectivity index (χ0) is 12.3. The summed E-state index contributed by atoms with van der Waals surface area (Å²) >= 11 is 3.32. The van der Waals surface area contributed by atoms with Gasteiger partial charge in [-0.1, -0.05) is 15.9 Å². The Morgan fingerprint density at radius 1 is 1.41 bits per heavy atom. The molecule has 90 valence electrons. The standard InChI is InChI=1S/C12H13BrFN3/c1-2-17-10(5-6-16-17)8-15-12-7-9(13)3-4-11(12)14/h3-7,15H,2,8H2,1H3. The van der Waals surface area contributed by atoms with Crippen LogP contribution in [0.25, 0.3) is 0 Å². The predicted octanol–water partition coefficient (Wildman–Crippen LogP) is 3.42. The van der Waals surface area contributed by atoms with E-state index >= 15 is 0 Å². The minimum atomic E-state index is -0.254. The first kappa shape index (κ1) is 12.1. The van der Waals surface area contributed by atoms with Crippen molar-refractivity contribution in [3.05, 3.63) is 46.4 Å².